The van der Waals surface area contributed by atoms with E-state index in [2.05, 4.69) is 20.1 Å². The number of aromatic nitrogens is 3. The van der Waals surface area contributed by atoms with Gasteiger partial charge in [-0.05, 0) is 16.7 Å². The Morgan fingerprint density at radius 2 is 1.33 bits per heavy atom. The molecule has 2 heterocycles. The number of nitrogens with zero attached hydrogens (tertiary/aromatic N) is 4. The average molecular weight is 692 g/mol. The molecule has 0 amide bonds. The van der Waals surface area contributed by atoms with Crippen LogP contribution in [0.1, 0.15) is 33.3 Å². The topological polar surface area (TPSA) is 160 Å². The average Bonchev–Trinajstić information content (AvgIpc) is 3.44. The van der Waals surface area contributed by atoms with Crippen LogP contribution in [0.5, 0.6) is 0 Å². The highest BCUT2D eigenvalue weighted by molar-refractivity contribution is 6.08. The van der Waals surface area contributed by atoms with Crippen LogP contribution in [0.25, 0.3) is 33.4 Å². The third-order valence-corrected chi connectivity index (χ3v) is 7.59. The lowest BCUT2D eigenvalue weighted by Gasteiger charge is -2.29. The molecule has 51 heavy (non-hydrogen) atoms. The maximum Gasteiger partial charge on any atom is 0.303 e. The Morgan fingerprint density at radius 1 is 0.745 bits per heavy atom. The van der Waals surface area contributed by atoms with Crippen LogP contribution in [0.15, 0.2) is 102 Å². The summed E-state index contributed by atoms with van der Waals surface area (Å²) in [5.74, 6) is -2.58. The first-order valence-corrected chi connectivity index (χ1v) is 16.1. The van der Waals surface area contributed by atoms with E-state index >= 15 is 0 Å². The molecule has 0 saturated heterocycles. The first-order chi connectivity index (χ1) is 24.6. The minimum atomic E-state index is -1.43. The number of hydrogen-bond acceptors (Lipinski definition) is 12. The van der Waals surface area contributed by atoms with Crippen molar-refractivity contribution in [1.29, 1.82) is 0 Å². The highest BCUT2D eigenvalue weighted by Gasteiger charge is 2.37. The van der Waals surface area contributed by atoms with Crippen molar-refractivity contribution in [3.8, 4) is 22.4 Å². The monoisotopic (exact) mass is 691 g/mol. The Bertz CT molecular complexity index is 2020. The molecule has 13 nitrogen and oxygen atoms in total. The Kier molecular flexibility index (Phi) is 11.9. The molecule has 0 bridgehead atoms. The van der Waals surface area contributed by atoms with Gasteiger partial charge in [-0.1, -0.05) is 91.0 Å². The molecule has 0 spiro atoms. The van der Waals surface area contributed by atoms with Crippen molar-refractivity contribution in [1.82, 2.24) is 14.5 Å². The van der Waals surface area contributed by atoms with Gasteiger partial charge < -0.3 is 23.5 Å². The second-order valence-electron chi connectivity index (χ2n) is 11.4. The number of hydrazone groups is 1. The lowest BCUT2D eigenvalue weighted by atomic mass is 9.99. The van der Waals surface area contributed by atoms with Crippen molar-refractivity contribution in [2.24, 2.45) is 5.10 Å². The fourth-order valence-electron chi connectivity index (χ4n) is 5.66. The van der Waals surface area contributed by atoms with Gasteiger partial charge in [0.1, 0.15) is 18.6 Å². The van der Waals surface area contributed by atoms with Gasteiger partial charge in [-0.3, -0.25) is 24.6 Å². The van der Waals surface area contributed by atoms with Gasteiger partial charge >= 0.3 is 23.9 Å². The molecule has 262 valence electrons. The summed E-state index contributed by atoms with van der Waals surface area (Å²) in [7, 11) is 0. The normalized spacial score (nSPS) is 12.9. The molecule has 0 aliphatic rings. The van der Waals surface area contributed by atoms with Crippen LogP contribution < -0.4 is 5.43 Å². The number of carbonyl (C=O) groups excluding carboxylic acids is 4. The summed E-state index contributed by atoms with van der Waals surface area (Å²) in [5, 5.41) is 5.04. The van der Waals surface area contributed by atoms with Crippen LogP contribution >= 0.6 is 0 Å². The minimum absolute atomic E-state index is 0.334. The van der Waals surface area contributed by atoms with E-state index in [9.17, 15) is 19.2 Å². The second-order valence-corrected chi connectivity index (χ2v) is 11.4. The maximum atomic E-state index is 12.2. The quantitative estimate of drug-likeness (QED) is 0.0671. The highest BCUT2D eigenvalue weighted by atomic mass is 16.6. The van der Waals surface area contributed by atoms with Gasteiger partial charge in [-0.15, -0.1) is 0 Å². The number of anilines is 1. The number of carbonyl (C=O) groups is 4. The zero-order valence-corrected chi connectivity index (χ0v) is 28.5. The molecule has 5 rings (SSSR count). The Hall–Kier alpha value is -6.37. The van der Waals surface area contributed by atoms with Gasteiger partial charge in [0.2, 0.25) is 0 Å². The van der Waals surface area contributed by atoms with E-state index < -0.39 is 48.8 Å². The van der Waals surface area contributed by atoms with E-state index in [-0.39, 0.29) is 0 Å². The number of hydrogen-bond donors (Lipinski definition) is 1. The first kappa shape index (κ1) is 35.9. The van der Waals surface area contributed by atoms with E-state index in [1.807, 2.05) is 91.0 Å². The van der Waals surface area contributed by atoms with E-state index in [1.54, 1.807) is 0 Å². The molecule has 0 unspecified atom stereocenters. The number of ether oxygens (including phenoxy) is 4. The summed E-state index contributed by atoms with van der Waals surface area (Å²) in [6.45, 7) is 4.63. The summed E-state index contributed by atoms with van der Waals surface area (Å²) in [6.07, 6.45) is -1.53. The fraction of sp³-hybridized carbons (Fsp3) is 0.237. The largest absolute Gasteiger partial charge is 0.462 e. The van der Waals surface area contributed by atoms with Crippen LogP contribution in [0.2, 0.25) is 0 Å². The van der Waals surface area contributed by atoms with E-state index in [0.717, 1.165) is 48.7 Å². The molecule has 5 aromatic rings. The van der Waals surface area contributed by atoms with Crippen LogP contribution in [0.3, 0.4) is 0 Å². The Labute approximate surface area is 294 Å². The molecule has 0 fully saturated rings. The molecule has 3 aromatic carbocycles. The molecular weight excluding hydrogens is 654 g/mol. The Morgan fingerprint density at radius 3 is 1.92 bits per heavy atom. The lowest BCUT2D eigenvalue weighted by Crippen LogP contribution is -2.48. The standard InChI is InChI=1S/C38H37N5O8/c1-24(44)48-22-32(50-26(3)46)36(51-27(4)47)31(49-25(2)45)20-41-42-37-34-33(29-16-10-6-11-17-29)35(30-18-12-7-13-19-30)43(38(34)40-23-39-37)21-28-14-8-5-9-15-28/h5-20,23,31-32,36H,21-22H2,1-4H3,(H,39,40,42)/b41-20+/t31-,32+,36-/m0/s1. The van der Waals surface area contributed by atoms with Crippen molar-refractivity contribution in [2.75, 3.05) is 12.0 Å². The van der Waals surface area contributed by atoms with Crippen molar-refractivity contribution in [2.45, 2.75) is 52.6 Å². The summed E-state index contributed by atoms with van der Waals surface area (Å²) < 4.78 is 23.5. The predicted molar refractivity (Wildman–Crippen MR) is 189 cm³/mol. The molecule has 0 radical (unpaired) electrons. The summed E-state index contributed by atoms with van der Waals surface area (Å²) in [6, 6.07) is 29.9. The van der Waals surface area contributed by atoms with Crippen LogP contribution in [0.4, 0.5) is 5.82 Å². The number of fused-ring (bicyclic) bond motifs is 1. The van der Waals surface area contributed by atoms with E-state index in [0.29, 0.717) is 23.4 Å². The molecule has 1 N–H and O–H groups in total. The van der Waals surface area contributed by atoms with Crippen molar-refractivity contribution >= 4 is 46.9 Å². The predicted octanol–water partition coefficient (Wildman–Crippen LogP) is 5.57. The van der Waals surface area contributed by atoms with Gasteiger partial charge in [-0.25, -0.2) is 9.97 Å². The molecule has 13 heteroatoms. The molecule has 0 saturated carbocycles. The highest BCUT2D eigenvalue weighted by Crippen LogP contribution is 2.43. The van der Waals surface area contributed by atoms with Crippen LogP contribution in [-0.2, 0) is 44.7 Å². The fourth-order valence-corrected chi connectivity index (χ4v) is 5.66. The Balaban J connectivity index is 1.64. The van der Waals surface area contributed by atoms with E-state index in [1.165, 1.54) is 19.5 Å². The number of benzene rings is 3. The van der Waals surface area contributed by atoms with Crippen molar-refractivity contribution in [3.05, 3.63) is 103 Å². The lowest BCUT2D eigenvalue weighted by molar-refractivity contribution is -0.183. The molecular formula is C38H37N5O8. The molecule has 0 aliphatic carbocycles. The van der Waals surface area contributed by atoms with Gasteiger partial charge in [0.25, 0.3) is 0 Å². The number of esters is 4. The first-order valence-electron chi connectivity index (χ1n) is 16.1. The molecule has 0 aliphatic heterocycles. The van der Waals surface area contributed by atoms with Crippen molar-refractivity contribution < 1.29 is 38.1 Å². The number of rotatable bonds is 14. The smallest absolute Gasteiger partial charge is 0.303 e. The van der Waals surface area contributed by atoms with Gasteiger partial charge in [0, 0.05) is 39.8 Å². The zero-order valence-electron chi connectivity index (χ0n) is 28.5. The number of nitrogens with one attached hydrogen (secondary N) is 1. The summed E-state index contributed by atoms with van der Waals surface area (Å²) in [4.78, 5) is 57.3. The summed E-state index contributed by atoms with van der Waals surface area (Å²) in [5.41, 5.74) is 8.32. The maximum absolute atomic E-state index is 12.2. The van der Waals surface area contributed by atoms with Gasteiger partial charge in [0.15, 0.2) is 24.1 Å². The van der Waals surface area contributed by atoms with Gasteiger partial charge in [0.05, 0.1) is 17.3 Å². The van der Waals surface area contributed by atoms with Gasteiger partial charge in [-0.2, -0.15) is 5.10 Å². The third-order valence-electron chi connectivity index (χ3n) is 7.59. The van der Waals surface area contributed by atoms with E-state index in [4.69, 9.17) is 23.9 Å². The zero-order chi connectivity index (χ0) is 36.3. The molecule has 3 atom stereocenters. The third kappa shape index (κ3) is 9.21. The minimum Gasteiger partial charge on any atom is -0.462 e. The summed E-state index contributed by atoms with van der Waals surface area (Å²) >= 11 is 0. The molecule has 2 aromatic heterocycles. The van der Waals surface area contributed by atoms with Crippen LogP contribution in [0, 0.1) is 0 Å². The van der Waals surface area contributed by atoms with Crippen molar-refractivity contribution in [3.63, 3.8) is 0 Å². The van der Waals surface area contributed by atoms with Crippen LogP contribution in [-0.4, -0.2) is 69.5 Å². The second kappa shape index (κ2) is 16.8. The SMILES string of the molecule is CC(=O)OC[C@@H](OC(C)=O)[C@@H](OC(C)=O)[C@H](/C=N/Nc1ncnc2c1c(-c1ccccc1)c(-c1ccccc1)n2Cc1ccccc1)OC(C)=O.